The Kier molecular flexibility index (Phi) is 3.05. The van der Waals surface area contributed by atoms with Crippen LogP contribution in [0.4, 0.5) is 4.39 Å². The van der Waals surface area contributed by atoms with Crippen molar-refractivity contribution in [2.45, 2.75) is 51.6 Å². The molecule has 0 aromatic rings. The summed E-state index contributed by atoms with van der Waals surface area (Å²) in [6.07, 6.45) is 10.0. The van der Waals surface area contributed by atoms with Gasteiger partial charge in [-0.15, -0.1) is 0 Å². The number of hydrogen-bond acceptors (Lipinski definition) is 0. The normalized spacial score (nSPS) is 33.6. The Labute approximate surface area is 85.9 Å². The van der Waals surface area contributed by atoms with E-state index in [1.54, 1.807) is 0 Å². The average molecular weight is 194 g/mol. The van der Waals surface area contributed by atoms with Gasteiger partial charge in [0, 0.05) is 0 Å². The van der Waals surface area contributed by atoms with E-state index in [4.69, 9.17) is 0 Å². The second-order valence-electron chi connectivity index (χ2n) is 4.68. The van der Waals surface area contributed by atoms with Gasteiger partial charge in [0.25, 0.3) is 0 Å². The molecule has 0 heterocycles. The van der Waals surface area contributed by atoms with Crippen LogP contribution in [-0.2, 0) is 0 Å². The molecular weight excluding hydrogens is 175 g/mol. The number of halogens is 1. The van der Waals surface area contributed by atoms with E-state index in [0.29, 0.717) is 12.3 Å². The van der Waals surface area contributed by atoms with Gasteiger partial charge in [0.2, 0.25) is 0 Å². The third-order valence-electron chi connectivity index (χ3n) is 3.51. The first-order chi connectivity index (χ1) is 6.75. The molecule has 0 bridgehead atoms. The van der Waals surface area contributed by atoms with Gasteiger partial charge in [-0.25, -0.2) is 4.39 Å². The first kappa shape index (κ1) is 9.95. The minimum atomic E-state index is -0.568. The summed E-state index contributed by atoms with van der Waals surface area (Å²) < 4.78 is 13.2. The third-order valence-corrected chi connectivity index (χ3v) is 3.51. The Hall–Kier alpha value is -0.590. The average Bonchev–Trinajstić information content (AvgIpc) is 2.19. The maximum absolute atomic E-state index is 13.2. The summed E-state index contributed by atoms with van der Waals surface area (Å²) >= 11 is 0. The monoisotopic (exact) mass is 194 g/mol. The SMILES string of the molecule is CC1=CCC(C2=CCCC(F)C2)CC1. The highest BCUT2D eigenvalue weighted by molar-refractivity contribution is 5.16. The minimum absolute atomic E-state index is 0.568. The Morgan fingerprint density at radius 1 is 1.29 bits per heavy atom. The molecule has 0 spiro atoms. The van der Waals surface area contributed by atoms with Crippen LogP contribution in [0.25, 0.3) is 0 Å². The highest BCUT2D eigenvalue weighted by Crippen LogP contribution is 2.34. The lowest BCUT2D eigenvalue weighted by atomic mass is 9.80. The molecule has 2 aliphatic rings. The lowest BCUT2D eigenvalue weighted by Crippen LogP contribution is -2.15. The van der Waals surface area contributed by atoms with Crippen LogP contribution in [0.1, 0.15) is 45.4 Å². The van der Waals surface area contributed by atoms with E-state index in [0.717, 1.165) is 19.3 Å². The molecule has 0 amide bonds. The van der Waals surface area contributed by atoms with Crippen LogP contribution in [0.2, 0.25) is 0 Å². The van der Waals surface area contributed by atoms with Crippen molar-refractivity contribution in [1.29, 1.82) is 0 Å². The molecule has 2 rings (SSSR count). The van der Waals surface area contributed by atoms with Crippen molar-refractivity contribution in [3.8, 4) is 0 Å². The number of hydrogen-bond donors (Lipinski definition) is 0. The number of alkyl halides is 1. The molecule has 0 radical (unpaired) electrons. The van der Waals surface area contributed by atoms with Crippen LogP contribution >= 0.6 is 0 Å². The second-order valence-corrected chi connectivity index (χ2v) is 4.68. The lowest BCUT2D eigenvalue weighted by Gasteiger charge is -2.27. The second kappa shape index (κ2) is 4.29. The quantitative estimate of drug-likeness (QED) is 0.549. The maximum Gasteiger partial charge on any atom is 0.104 e. The van der Waals surface area contributed by atoms with E-state index >= 15 is 0 Å². The summed E-state index contributed by atoms with van der Waals surface area (Å²) in [6.45, 7) is 2.20. The molecule has 2 aliphatic carbocycles. The van der Waals surface area contributed by atoms with Crippen molar-refractivity contribution in [1.82, 2.24) is 0 Å². The van der Waals surface area contributed by atoms with Crippen molar-refractivity contribution < 1.29 is 4.39 Å². The van der Waals surface area contributed by atoms with Crippen LogP contribution in [0.5, 0.6) is 0 Å². The zero-order chi connectivity index (χ0) is 9.97. The van der Waals surface area contributed by atoms with E-state index in [9.17, 15) is 4.39 Å². The first-order valence-corrected chi connectivity index (χ1v) is 5.74. The van der Waals surface area contributed by atoms with Gasteiger partial charge in [-0.2, -0.15) is 0 Å². The summed E-state index contributed by atoms with van der Waals surface area (Å²) in [4.78, 5) is 0. The summed E-state index contributed by atoms with van der Waals surface area (Å²) in [6, 6.07) is 0. The Balaban J connectivity index is 1.99. The van der Waals surface area contributed by atoms with Crippen LogP contribution in [-0.4, -0.2) is 6.17 Å². The van der Waals surface area contributed by atoms with Crippen molar-refractivity contribution in [3.63, 3.8) is 0 Å². The first-order valence-electron chi connectivity index (χ1n) is 5.74. The summed E-state index contributed by atoms with van der Waals surface area (Å²) in [5.74, 6) is 0.650. The molecular formula is C13H19F. The van der Waals surface area contributed by atoms with Gasteiger partial charge in [-0.3, -0.25) is 0 Å². The molecule has 2 unspecified atom stereocenters. The summed E-state index contributed by atoms with van der Waals surface area (Å²) in [5.41, 5.74) is 2.90. The molecule has 14 heavy (non-hydrogen) atoms. The van der Waals surface area contributed by atoms with Crippen molar-refractivity contribution in [3.05, 3.63) is 23.3 Å². The van der Waals surface area contributed by atoms with Gasteiger partial charge < -0.3 is 0 Å². The van der Waals surface area contributed by atoms with E-state index in [2.05, 4.69) is 19.1 Å². The predicted molar refractivity (Wildman–Crippen MR) is 57.9 cm³/mol. The molecule has 0 saturated carbocycles. The van der Waals surface area contributed by atoms with Crippen molar-refractivity contribution >= 4 is 0 Å². The Bertz CT molecular complexity index is 262. The Morgan fingerprint density at radius 3 is 2.79 bits per heavy atom. The summed E-state index contributed by atoms with van der Waals surface area (Å²) in [7, 11) is 0. The largest absolute Gasteiger partial charge is 0.247 e. The fourth-order valence-corrected chi connectivity index (χ4v) is 2.53. The topological polar surface area (TPSA) is 0 Å². The molecule has 78 valence electrons. The van der Waals surface area contributed by atoms with Gasteiger partial charge in [0.05, 0.1) is 0 Å². The highest BCUT2D eigenvalue weighted by Gasteiger charge is 2.22. The Morgan fingerprint density at radius 2 is 2.14 bits per heavy atom. The molecule has 0 N–H and O–H groups in total. The maximum atomic E-state index is 13.2. The number of allylic oxidation sites excluding steroid dienone is 4. The van der Waals surface area contributed by atoms with E-state index in [1.165, 1.54) is 24.0 Å². The van der Waals surface area contributed by atoms with Crippen LogP contribution in [0, 0.1) is 5.92 Å². The van der Waals surface area contributed by atoms with Crippen LogP contribution in [0.15, 0.2) is 23.3 Å². The van der Waals surface area contributed by atoms with Crippen molar-refractivity contribution in [2.24, 2.45) is 5.92 Å². The molecule has 0 nitrogen and oxygen atoms in total. The van der Waals surface area contributed by atoms with E-state index in [-0.39, 0.29) is 0 Å². The molecule has 0 aromatic carbocycles. The van der Waals surface area contributed by atoms with Gasteiger partial charge in [-0.1, -0.05) is 23.3 Å². The minimum Gasteiger partial charge on any atom is -0.247 e. The van der Waals surface area contributed by atoms with Gasteiger partial charge >= 0.3 is 0 Å². The smallest absolute Gasteiger partial charge is 0.104 e. The van der Waals surface area contributed by atoms with Crippen LogP contribution < -0.4 is 0 Å². The molecule has 0 saturated heterocycles. The van der Waals surface area contributed by atoms with E-state index < -0.39 is 6.17 Å². The predicted octanol–water partition coefficient (Wildman–Crippen LogP) is 4.18. The molecule has 1 heteroatoms. The van der Waals surface area contributed by atoms with Gasteiger partial charge in [-0.05, 0) is 51.4 Å². The van der Waals surface area contributed by atoms with Gasteiger partial charge in [0.1, 0.15) is 6.17 Å². The third kappa shape index (κ3) is 2.26. The molecule has 0 aliphatic heterocycles. The van der Waals surface area contributed by atoms with E-state index in [1.807, 2.05) is 0 Å². The van der Waals surface area contributed by atoms with Crippen LogP contribution in [0.3, 0.4) is 0 Å². The van der Waals surface area contributed by atoms with Gasteiger partial charge in [0.15, 0.2) is 0 Å². The molecule has 0 fully saturated rings. The highest BCUT2D eigenvalue weighted by atomic mass is 19.1. The zero-order valence-corrected chi connectivity index (χ0v) is 8.93. The zero-order valence-electron chi connectivity index (χ0n) is 8.93. The molecule has 0 aromatic heterocycles. The standard InChI is InChI=1S/C13H19F/c1-10-5-7-11(8-6-10)12-3-2-4-13(14)9-12/h3,5,11,13H,2,4,6-9H2,1H3. The summed E-state index contributed by atoms with van der Waals surface area (Å²) in [5, 5.41) is 0. The van der Waals surface area contributed by atoms with Crippen molar-refractivity contribution in [2.75, 3.05) is 0 Å². The lowest BCUT2D eigenvalue weighted by molar-refractivity contribution is 0.291. The fourth-order valence-electron chi connectivity index (χ4n) is 2.53. The number of rotatable bonds is 1. The molecule has 2 atom stereocenters. The fraction of sp³-hybridized carbons (Fsp3) is 0.692.